The van der Waals surface area contributed by atoms with Gasteiger partial charge in [-0.2, -0.15) is 0 Å². The number of benzene rings is 2. The predicted octanol–water partition coefficient (Wildman–Crippen LogP) is 3.25. The van der Waals surface area contributed by atoms with E-state index in [9.17, 15) is 10.1 Å². The van der Waals surface area contributed by atoms with Crippen LogP contribution in [0.2, 0.25) is 0 Å². The molecule has 0 saturated carbocycles. The van der Waals surface area contributed by atoms with Gasteiger partial charge in [-0.15, -0.1) is 0 Å². The zero-order valence-corrected chi connectivity index (χ0v) is 12.5. The lowest BCUT2D eigenvalue weighted by Gasteiger charge is -2.08. The minimum atomic E-state index is -0.459. The summed E-state index contributed by atoms with van der Waals surface area (Å²) in [6.45, 7) is 2.36. The second kappa shape index (κ2) is 7.79. The van der Waals surface area contributed by atoms with Crippen LogP contribution in [0.25, 0.3) is 0 Å². The quantitative estimate of drug-likeness (QED) is 0.278. The highest BCUT2D eigenvalue weighted by atomic mass is 16.6. The maximum atomic E-state index is 10.5. The maximum Gasteiger partial charge on any atom is 0.269 e. The molecule has 1 N–H and O–H groups in total. The first kappa shape index (κ1) is 16.3. The van der Waals surface area contributed by atoms with Crippen molar-refractivity contribution < 1.29 is 19.6 Å². The molecule has 120 valence electrons. The highest BCUT2D eigenvalue weighted by Crippen LogP contribution is 2.17. The zero-order chi connectivity index (χ0) is 16.7. The third-order valence-corrected chi connectivity index (χ3v) is 3.09. The van der Waals surface area contributed by atoms with E-state index in [4.69, 9.17) is 14.7 Å². The molecular weight excluding hydrogens is 300 g/mol. The first-order chi connectivity index (χ1) is 11.1. The van der Waals surface area contributed by atoms with E-state index in [0.717, 1.165) is 5.56 Å². The number of nitrogens with zero attached hydrogens (tertiary/aromatic N) is 2. The monoisotopic (exact) mass is 316 g/mol. The van der Waals surface area contributed by atoms with Gasteiger partial charge < -0.3 is 14.7 Å². The van der Waals surface area contributed by atoms with E-state index in [1.807, 2.05) is 0 Å². The van der Waals surface area contributed by atoms with Crippen molar-refractivity contribution in [1.29, 1.82) is 0 Å². The molecule has 2 rings (SSSR count). The van der Waals surface area contributed by atoms with Crippen molar-refractivity contribution in [3.63, 3.8) is 0 Å². The summed E-state index contributed by atoms with van der Waals surface area (Å²) in [4.78, 5) is 10.1. The summed E-state index contributed by atoms with van der Waals surface area (Å²) in [6, 6.07) is 13.0. The number of hydrogen-bond acceptors (Lipinski definition) is 6. The minimum Gasteiger partial charge on any atom is -0.490 e. The molecular formula is C16H16N2O5. The molecule has 0 radical (unpaired) electrons. The van der Waals surface area contributed by atoms with Gasteiger partial charge in [0.1, 0.15) is 24.7 Å². The first-order valence-corrected chi connectivity index (χ1v) is 6.89. The van der Waals surface area contributed by atoms with Crippen LogP contribution in [-0.4, -0.2) is 29.1 Å². The predicted molar refractivity (Wildman–Crippen MR) is 84.5 cm³/mol. The van der Waals surface area contributed by atoms with Crippen molar-refractivity contribution in [2.24, 2.45) is 5.16 Å². The van der Waals surface area contributed by atoms with Crippen LogP contribution in [0.5, 0.6) is 11.5 Å². The second-order valence-corrected chi connectivity index (χ2v) is 4.66. The van der Waals surface area contributed by atoms with Crippen molar-refractivity contribution in [3.05, 3.63) is 64.2 Å². The Labute approximate surface area is 132 Å². The molecule has 0 amide bonds. The van der Waals surface area contributed by atoms with Gasteiger partial charge in [0.2, 0.25) is 0 Å². The van der Waals surface area contributed by atoms with Crippen molar-refractivity contribution in [2.75, 3.05) is 13.2 Å². The number of rotatable bonds is 7. The molecule has 0 aromatic heterocycles. The van der Waals surface area contributed by atoms with Crippen LogP contribution in [0.4, 0.5) is 5.69 Å². The van der Waals surface area contributed by atoms with Crippen molar-refractivity contribution in [2.45, 2.75) is 6.92 Å². The Hall–Kier alpha value is -3.09. The van der Waals surface area contributed by atoms with Crippen LogP contribution in [-0.2, 0) is 0 Å². The van der Waals surface area contributed by atoms with Crippen LogP contribution < -0.4 is 9.47 Å². The molecule has 7 nitrogen and oxygen atoms in total. The molecule has 0 aliphatic carbocycles. The van der Waals surface area contributed by atoms with E-state index >= 15 is 0 Å². The Morgan fingerprint density at radius 2 is 1.52 bits per heavy atom. The normalized spacial score (nSPS) is 11.1. The van der Waals surface area contributed by atoms with Crippen molar-refractivity contribution in [1.82, 2.24) is 0 Å². The lowest BCUT2D eigenvalue weighted by atomic mass is 10.1. The van der Waals surface area contributed by atoms with Gasteiger partial charge in [-0.1, -0.05) is 5.16 Å². The fourth-order valence-corrected chi connectivity index (χ4v) is 1.83. The maximum absolute atomic E-state index is 10.5. The number of non-ortho nitro benzene ring substituents is 1. The second-order valence-electron chi connectivity index (χ2n) is 4.66. The van der Waals surface area contributed by atoms with E-state index in [1.165, 1.54) is 12.1 Å². The fraction of sp³-hybridized carbons (Fsp3) is 0.188. The van der Waals surface area contributed by atoms with Crippen molar-refractivity contribution in [3.8, 4) is 11.5 Å². The largest absolute Gasteiger partial charge is 0.490 e. The number of hydrogen-bond donors (Lipinski definition) is 1. The SMILES string of the molecule is C/C(=N\O)c1ccc(OCCOc2ccc([N+](=O)[O-])cc2)cc1. The summed E-state index contributed by atoms with van der Waals surface area (Å²) in [6.07, 6.45) is 0. The van der Waals surface area contributed by atoms with Gasteiger partial charge in [-0.25, -0.2) is 0 Å². The first-order valence-electron chi connectivity index (χ1n) is 6.89. The number of oxime groups is 1. The lowest BCUT2D eigenvalue weighted by molar-refractivity contribution is -0.384. The highest BCUT2D eigenvalue weighted by Gasteiger charge is 2.04. The minimum absolute atomic E-state index is 0.0235. The molecule has 0 aliphatic heterocycles. The van der Waals surface area contributed by atoms with Gasteiger partial charge in [-0.3, -0.25) is 10.1 Å². The van der Waals surface area contributed by atoms with Gasteiger partial charge in [0.25, 0.3) is 5.69 Å². The Balaban J connectivity index is 1.78. The van der Waals surface area contributed by atoms with Gasteiger partial charge in [0.05, 0.1) is 10.6 Å². The Morgan fingerprint density at radius 1 is 1.04 bits per heavy atom. The summed E-state index contributed by atoms with van der Waals surface area (Å²) < 4.78 is 11.0. The molecule has 0 fully saturated rings. The summed E-state index contributed by atoms with van der Waals surface area (Å²) in [7, 11) is 0. The van der Waals surface area contributed by atoms with Gasteiger partial charge in [-0.05, 0) is 48.9 Å². The van der Waals surface area contributed by atoms with E-state index in [0.29, 0.717) is 30.4 Å². The van der Waals surface area contributed by atoms with Gasteiger partial charge in [0, 0.05) is 12.1 Å². The summed E-state index contributed by atoms with van der Waals surface area (Å²) in [5, 5.41) is 22.4. The molecule has 0 spiro atoms. The van der Waals surface area contributed by atoms with E-state index < -0.39 is 4.92 Å². The average molecular weight is 316 g/mol. The average Bonchev–Trinajstić information content (AvgIpc) is 2.59. The van der Waals surface area contributed by atoms with Crippen molar-refractivity contribution >= 4 is 11.4 Å². The standard InChI is InChI=1S/C16H16N2O5/c1-12(17-19)13-2-6-15(7-3-13)22-10-11-23-16-8-4-14(5-9-16)18(20)21/h2-9,19H,10-11H2,1H3/b17-12+. The molecule has 0 aliphatic rings. The number of ether oxygens (including phenoxy) is 2. The topological polar surface area (TPSA) is 94.2 Å². The highest BCUT2D eigenvalue weighted by molar-refractivity contribution is 5.98. The molecule has 0 heterocycles. The van der Waals surface area contributed by atoms with Crippen LogP contribution >= 0.6 is 0 Å². The molecule has 0 atom stereocenters. The molecule has 0 unspecified atom stereocenters. The summed E-state index contributed by atoms with van der Waals surface area (Å²) in [5.74, 6) is 1.22. The third kappa shape index (κ3) is 4.70. The smallest absolute Gasteiger partial charge is 0.269 e. The molecule has 2 aromatic carbocycles. The van der Waals surface area contributed by atoms with Crippen LogP contribution in [0.3, 0.4) is 0 Å². The van der Waals surface area contributed by atoms with Crippen LogP contribution in [0, 0.1) is 10.1 Å². The van der Waals surface area contributed by atoms with Crippen LogP contribution in [0.15, 0.2) is 53.7 Å². The van der Waals surface area contributed by atoms with E-state index in [-0.39, 0.29) is 5.69 Å². The molecule has 2 aromatic rings. The van der Waals surface area contributed by atoms with E-state index in [2.05, 4.69) is 5.16 Å². The fourth-order valence-electron chi connectivity index (χ4n) is 1.83. The number of nitro benzene ring substituents is 1. The van der Waals surface area contributed by atoms with Gasteiger partial charge in [0.15, 0.2) is 0 Å². The molecule has 0 bridgehead atoms. The van der Waals surface area contributed by atoms with Crippen LogP contribution in [0.1, 0.15) is 12.5 Å². The molecule has 7 heteroatoms. The molecule has 23 heavy (non-hydrogen) atoms. The molecule has 0 saturated heterocycles. The Kier molecular flexibility index (Phi) is 5.51. The van der Waals surface area contributed by atoms with E-state index in [1.54, 1.807) is 43.3 Å². The number of nitro groups is 1. The zero-order valence-electron chi connectivity index (χ0n) is 12.5. The lowest BCUT2D eigenvalue weighted by Crippen LogP contribution is -2.09. The summed E-state index contributed by atoms with van der Waals surface area (Å²) in [5.41, 5.74) is 1.36. The Bertz CT molecular complexity index is 681. The Morgan fingerprint density at radius 3 is 1.96 bits per heavy atom. The third-order valence-electron chi connectivity index (χ3n) is 3.09. The summed E-state index contributed by atoms with van der Waals surface area (Å²) >= 11 is 0. The van der Waals surface area contributed by atoms with Gasteiger partial charge >= 0.3 is 0 Å².